The van der Waals surface area contributed by atoms with E-state index >= 15 is 0 Å². The number of nitrogens with one attached hydrogen (secondary N) is 4. The molecule has 2 aromatic heterocycles. The lowest BCUT2D eigenvalue weighted by Gasteiger charge is -2.33. The van der Waals surface area contributed by atoms with Gasteiger partial charge < -0.3 is 41.0 Å². The van der Waals surface area contributed by atoms with Gasteiger partial charge in [-0.25, -0.2) is 0 Å². The number of amides is 4. The summed E-state index contributed by atoms with van der Waals surface area (Å²) in [6.07, 6.45) is -4.47. The highest BCUT2D eigenvalue weighted by Crippen LogP contribution is 2.18. The minimum absolute atomic E-state index is 0.113. The number of aliphatic hydroxyl groups is 2. The molecule has 14 heteroatoms. The van der Waals surface area contributed by atoms with Crippen molar-refractivity contribution in [3.63, 3.8) is 0 Å². The fourth-order valence-corrected chi connectivity index (χ4v) is 5.66. The summed E-state index contributed by atoms with van der Waals surface area (Å²) in [7, 11) is 0. The van der Waals surface area contributed by atoms with Crippen LogP contribution in [0.3, 0.4) is 0 Å². The number of hydrogen-bond donors (Lipinski definition) is 6. The largest absolute Gasteiger partial charge is 0.387 e. The molecule has 0 fully saturated rings. The highest BCUT2D eigenvalue weighted by molar-refractivity contribution is 5.91. The number of rotatable bonds is 21. The first-order valence-corrected chi connectivity index (χ1v) is 18.6. The van der Waals surface area contributed by atoms with Crippen LogP contribution in [0.2, 0.25) is 0 Å². The van der Waals surface area contributed by atoms with Crippen LogP contribution in [0.25, 0.3) is 0 Å². The second-order valence-electron chi connectivity index (χ2n) is 14.0. The zero-order valence-corrected chi connectivity index (χ0v) is 32.1. The summed E-state index contributed by atoms with van der Waals surface area (Å²) in [5.41, 5.74) is 2.54. The number of benzene rings is 2. The Balaban J connectivity index is 1.57. The first-order valence-electron chi connectivity index (χ1n) is 18.6. The third-order valence-electron chi connectivity index (χ3n) is 8.87. The molecule has 56 heavy (non-hydrogen) atoms. The molecule has 0 aliphatic rings. The van der Waals surface area contributed by atoms with E-state index < -0.39 is 72.0 Å². The molecule has 14 nitrogen and oxygen atoms in total. The van der Waals surface area contributed by atoms with E-state index in [1.807, 2.05) is 0 Å². The Bertz CT molecular complexity index is 1670. The Labute approximate surface area is 327 Å². The molecule has 0 aliphatic heterocycles. The van der Waals surface area contributed by atoms with Crippen molar-refractivity contribution in [1.82, 2.24) is 31.2 Å². The zero-order chi connectivity index (χ0) is 40.5. The van der Waals surface area contributed by atoms with Crippen LogP contribution >= 0.6 is 0 Å². The molecule has 4 rings (SSSR count). The van der Waals surface area contributed by atoms with Crippen LogP contribution in [0, 0.1) is 11.8 Å². The zero-order valence-electron chi connectivity index (χ0n) is 32.1. The number of pyridine rings is 2. The lowest BCUT2D eigenvalue weighted by Crippen LogP contribution is -2.60. The van der Waals surface area contributed by atoms with Gasteiger partial charge in [0.1, 0.15) is 24.3 Å². The van der Waals surface area contributed by atoms with Crippen LogP contribution in [0.4, 0.5) is 0 Å². The summed E-state index contributed by atoms with van der Waals surface area (Å²) in [6.45, 7) is 6.88. The molecule has 298 valence electrons. The van der Waals surface area contributed by atoms with E-state index in [0.717, 1.165) is 0 Å². The summed E-state index contributed by atoms with van der Waals surface area (Å²) < 4.78 is 11.9. The number of aromatic nitrogens is 2. The molecule has 4 amide bonds. The van der Waals surface area contributed by atoms with Crippen LogP contribution in [0.15, 0.2) is 109 Å². The molecule has 0 unspecified atom stereocenters. The van der Waals surface area contributed by atoms with Crippen LogP contribution < -0.4 is 21.3 Å². The van der Waals surface area contributed by atoms with E-state index in [1.54, 1.807) is 137 Å². The Morgan fingerprint density at radius 3 is 1.21 bits per heavy atom. The molecule has 0 saturated carbocycles. The lowest BCUT2D eigenvalue weighted by atomic mass is 9.98. The summed E-state index contributed by atoms with van der Waals surface area (Å²) in [4.78, 5) is 63.1. The van der Waals surface area contributed by atoms with Crippen molar-refractivity contribution in [1.29, 1.82) is 0 Å². The Hall–Kier alpha value is -5.54. The van der Waals surface area contributed by atoms with Gasteiger partial charge in [0.05, 0.1) is 37.7 Å². The Morgan fingerprint density at radius 2 is 0.893 bits per heavy atom. The monoisotopic (exact) mass is 768 g/mol. The van der Waals surface area contributed by atoms with Gasteiger partial charge in [-0.3, -0.25) is 29.1 Å². The summed E-state index contributed by atoms with van der Waals surface area (Å²) >= 11 is 0. The molecule has 2 aromatic carbocycles. The SMILES string of the molecule is CC(C)[C@@H](NC(=O)[C@@H](OCc1ccccc1)[C@@H](O)[C@H](O)[C@@H](OCc1ccccc1)C(=O)N[C@@H](C(=O)NCc1ccccn1)C(C)C)C(=O)NCc1ccccn1. The van der Waals surface area contributed by atoms with Gasteiger partial charge in [-0.05, 0) is 47.2 Å². The smallest absolute Gasteiger partial charge is 0.252 e. The lowest BCUT2D eigenvalue weighted by molar-refractivity contribution is -0.171. The molecule has 6 atom stereocenters. The molecule has 0 bridgehead atoms. The van der Waals surface area contributed by atoms with E-state index in [0.29, 0.717) is 22.5 Å². The standard InChI is InChI=1S/C42H52N6O8/c1-27(2)33(39(51)45-23-31-19-11-13-21-43-31)47-41(53)37(55-25-29-15-7-5-8-16-29)35(49)36(50)38(56-26-30-17-9-6-10-18-30)42(54)48-34(28(3)4)40(52)46-24-32-20-12-14-22-44-32/h5-22,27-28,33-38,49-50H,23-26H2,1-4H3,(H,45,51)(H,46,52)(H,47,53)(H,48,54)/t33-,34-,35+,36+,37-,38+/m1/s1. The van der Waals surface area contributed by atoms with Gasteiger partial charge in [0.2, 0.25) is 11.8 Å². The van der Waals surface area contributed by atoms with Crippen molar-refractivity contribution in [3.05, 3.63) is 132 Å². The fourth-order valence-electron chi connectivity index (χ4n) is 5.66. The molecular weight excluding hydrogens is 716 g/mol. The predicted octanol–water partition coefficient (Wildman–Crippen LogP) is 2.58. The normalized spacial score (nSPS) is 14.5. The summed E-state index contributed by atoms with van der Waals surface area (Å²) in [5.74, 6) is -3.61. The highest BCUT2D eigenvalue weighted by atomic mass is 16.5. The first-order chi connectivity index (χ1) is 26.9. The number of carbonyl (C=O) groups is 4. The average molecular weight is 769 g/mol. The van der Waals surface area contributed by atoms with Crippen molar-refractivity contribution in [2.24, 2.45) is 11.8 Å². The molecule has 0 radical (unpaired) electrons. The molecule has 0 spiro atoms. The third-order valence-corrected chi connectivity index (χ3v) is 8.87. The van der Waals surface area contributed by atoms with E-state index in [9.17, 15) is 29.4 Å². The van der Waals surface area contributed by atoms with Gasteiger partial charge in [0.25, 0.3) is 11.8 Å². The predicted molar refractivity (Wildman–Crippen MR) is 208 cm³/mol. The molecule has 0 aliphatic carbocycles. The topological polar surface area (TPSA) is 201 Å². The fraction of sp³-hybridized carbons (Fsp3) is 0.381. The maximum absolute atomic E-state index is 14.0. The van der Waals surface area contributed by atoms with Crippen molar-refractivity contribution in [2.45, 2.75) is 90.5 Å². The summed E-state index contributed by atoms with van der Waals surface area (Å²) in [5, 5.41) is 34.4. The van der Waals surface area contributed by atoms with E-state index in [-0.39, 0.29) is 26.3 Å². The van der Waals surface area contributed by atoms with Crippen LogP contribution in [-0.4, -0.2) is 80.3 Å². The van der Waals surface area contributed by atoms with Crippen LogP contribution in [0.5, 0.6) is 0 Å². The summed E-state index contributed by atoms with van der Waals surface area (Å²) in [6, 6.07) is 26.2. The number of nitrogens with zero attached hydrogens (tertiary/aromatic N) is 2. The third kappa shape index (κ3) is 13.3. The second kappa shape index (κ2) is 22.1. The number of aliphatic hydroxyl groups excluding tert-OH is 2. The van der Waals surface area contributed by atoms with Gasteiger partial charge >= 0.3 is 0 Å². The van der Waals surface area contributed by atoms with Crippen LogP contribution in [-0.2, 0) is 55.0 Å². The number of carbonyl (C=O) groups excluding carboxylic acids is 4. The van der Waals surface area contributed by atoms with Gasteiger partial charge in [0.15, 0.2) is 12.2 Å². The molecule has 6 N–H and O–H groups in total. The maximum Gasteiger partial charge on any atom is 0.252 e. The van der Waals surface area contributed by atoms with Gasteiger partial charge in [-0.1, -0.05) is 100 Å². The molecule has 2 heterocycles. The first kappa shape index (κ1) is 43.2. The minimum Gasteiger partial charge on any atom is -0.387 e. The number of hydrogen-bond acceptors (Lipinski definition) is 10. The molecule has 4 aromatic rings. The Morgan fingerprint density at radius 1 is 0.536 bits per heavy atom. The van der Waals surface area contributed by atoms with E-state index in [1.165, 1.54) is 0 Å². The van der Waals surface area contributed by atoms with Crippen molar-refractivity contribution < 1.29 is 38.9 Å². The van der Waals surface area contributed by atoms with Crippen molar-refractivity contribution in [3.8, 4) is 0 Å². The van der Waals surface area contributed by atoms with Gasteiger partial charge in [-0.2, -0.15) is 0 Å². The maximum atomic E-state index is 14.0. The van der Waals surface area contributed by atoms with Crippen molar-refractivity contribution in [2.75, 3.05) is 0 Å². The molecule has 0 saturated heterocycles. The second-order valence-corrected chi connectivity index (χ2v) is 14.0. The van der Waals surface area contributed by atoms with E-state index in [4.69, 9.17) is 9.47 Å². The average Bonchev–Trinajstić information content (AvgIpc) is 3.21. The van der Waals surface area contributed by atoms with Gasteiger partial charge in [0, 0.05) is 12.4 Å². The minimum atomic E-state index is -2.05. The van der Waals surface area contributed by atoms with Crippen LogP contribution in [0.1, 0.15) is 50.2 Å². The number of ether oxygens (including phenoxy) is 2. The molecular formula is C42H52N6O8. The Kier molecular flexibility index (Phi) is 17.1. The van der Waals surface area contributed by atoms with Gasteiger partial charge in [-0.15, -0.1) is 0 Å². The van der Waals surface area contributed by atoms with E-state index in [2.05, 4.69) is 31.2 Å². The van der Waals surface area contributed by atoms with Crippen molar-refractivity contribution >= 4 is 23.6 Å². The quantitative estimate of drug-likeness (QED) is 0.0732. The highest BCUT2D eigenvalue weighted by Gasteiger charge is 2.43.